The normalized spacial score (nSPS) is 24.0. The average Bonchev–Trinajstić information content (AvgIpc) is 3.77. The number of sulfonamides is 1. The maximum Gasteiger partial charge on any atom is 0.304 e. The number of carbonyl (C=O) groups is 2. The molecule has 11 heteroatoms. The Balaban J connectivity index is 1.58. The zero-order chi connectivity index (χ0) is 30.1. The van der Waals surface area contributed by atoms with Crippen molar-refractivity contribution < 1.29 is 23.1 Å². The van der Waals surface area contributed by atoms with Crippen LogP contribution in [0.1, 0.15) is 61.8 Å². The van der Waals surface area contributed by atoms with Crippen LogP contribution in [0.25, 0.3) is 0 Å². The Hall–Kier alpha value is -2.98. The number of amides is 1. The minimum atomic E-state index is -3.90. The fourth-order valence-electron chi connectivity index (χ4n) is 6.30. The minimum absolute atomic E-state index is 0.0265. The van der Waals surface area contributed by atoms with E-state index in [-0.39, 0.29) is 42.8 Å². The lowest BCUT2D eigenvalue weighted by atomic mass is 9.66. The third-order valence-corrected chi connectivity index (χ3v) is 10.3. The SMILES string of the molecule is C[C@@]1(CC(=O)O)C[C@H](c2cccc(Cl)c2)[C@H](C[C@@](NS(=O)(=O)Cc2ccccn2)(c2ccc(Cl)cc2)C2CC2)NC1=O. The molecular formula is C31H33Cl2N3O5S. The highest BCUT2D eigenvalue weighted by molar-refractivity contribution is 7.88. The van der Waals surface area contributed by atoms with Crippen molar-refractivity contribution in [1.82, 2.24) is 15.0 Å². The van der Waals surface area contributed by atoms with Gasteiger partial charge in [0, 0.05) is 28.2 Å². The summed E-state index contributed by atoms with van der Waals surface area (Å²) < 4.78 is 30.6. The number of nitrogens with zero attached hydrogens (tertiary/aromatic N) is 1. The molecule has 42 heavy (non-hydrogen) atoms. The molecule has 1 aliphatic heterocycles. The van der Waals surface area contributed by atoms with Gasteiger partial charge in [-0.25, -0.2) is 13.1 Å². The second-order valence-electron chi connectivity index (χ2n) is 11.7. The summed E-state index contributed by atoms with van der Waals surface area (Å²) in [4.78, 5) is 29.5. The van der Waals surface area contributed by atoms with Gasteiger partial charge in [0.05, 0.1) is 23.1 Å². The van der Waals surface area contributed by atoms with Crippen LogP contribution in [0.5, 0.6) is 0 Å². The molecule has 8 nitrogen and oxygen atoms in total. The number of carboxylic acids is 1. The fourth-order valence-corrected chi connectivity index (χ4v) is 8.18. The zero-order valence-corrected chi connectivity index (χ0v) is 25.4. The van der Waals surface area contributed by atoms with Gasteiger partial charge in [-0.2, -0.15) is 0 Å². The van der Waals surface area contributed by atoms with Gasteiger partial charge >= 0.3 is 5.97 Å². The first-order chi connectivity index (χ1) is 19.9. The Labute approximate surface area is 255 Å². The smallest absolute Gasteiger partial charge is 0.304 e. The van der Waals surface area contributed by atoms with Crippen LogP contribution in [0.4, 0.5) is 0 Å². The van der Waals surface area contributed by atoms with Gasteiger partial charge < -0.3 is 10.4 Å². The molecule has 2 heterocycles. The number of halogens is 2. The van der Waals surface area contributed by atoms with E-state index in [1.807, 2.05) is 30.3 Å². The standard InChI is InChI=1S/C31H33Cl2N3O5S/c1-30(18-28(37)38)16-26(20-5-4-6-24(33)15-20)27(35-29(30)39)17-31(21-8-9-21,22-10-12-23(32)13-11-22)36-42(40,41)19-25-7-2-3-14-34-25/h2-7,10-15,21,26-27,36H,8-9,16-19H2,1H3,(H,35,39)(H,37,38)/t26-,27+,30+,31+/m1/s1. The van der Waals surface area contributed by atoms with Crippen LogP contribution in [0.15, 0.2) is 72.9 Å². The summed E-state index contributed by atoms with van der Waals surface area (Å²) in [5.41, 5.74) is -0.208. The van der Waals surface area contributed by atoms with Crippen LogP contribution < -0.4 is 10.0 Å². The van der Waals surface area contributed by atoms with E-state index in [4.69, 9.17) is 23.2 Å². The summed E-state index contributed by atoms with van der Waals surface area (Å²) in [6.45, 7) is 1.66. The van der Waals surface area contributed by atoms with Gasteiger partial charge in [0.2, 0.25) is 15.9 Å². The summed E-state index contributed by atoms with van der Waals surface area (Å²) in [5.74, 6) is -2.09. The largest absolute Gasteiger partial charge is 0.481 e. The molecule has 0 spiro atoms. The molecule has 0 bridgehead atoms. The number of hydrogen-bond donors (Lipinski definition) is 3. The van der Waals surface area contributed by atoms with E-state index < -0.39 is 33.0 Å². The number of nitrogens with one attached hydrogen (secondary N) is 2. The van der Waals surface area contributed by atoms with Crippen molar-refractivity contribution >= 4 is 45.1 Å². The summed E-state index contributed by atoms with van der Waals surface area (Å²) in [6.07, 6.45) is 3.33. The Morgan fingerprint density at radius 3 is 2.45 bits per heavy atom. The number of hydrogen-bond acceptors (Lipinski definition) is 5. The number of aromatic nitrogens is 1. The van der Waals surface area contributed by atoms with Crippen LogP contribution in [0.3, 0.4) is 0 Å². The van der Waals surface area contributed by atoms with Crippen molar-refractivity contribution in [3.8, 4) is 0 Å². The third-order valence-electron chi connectivity index (χ3n) is 8.42. The maximum absolute atomic E-state index is 13.8. The van der Waals surface area contributed by atoms with Crippen LogP contribution >= 0.6 is 23.2 Å². The van der Waals surface area contributed by atoms with Gasteiger partial charge in [-0.3, -0.25) is 14.6 Å². The van der Waals surface area contributed by atoms with Crippen LogP contribution in [0, 0.1) is 11.3 Å². The van der Waals surface area contributed by atoms with Crippen molar-refractivity contribution in [3.63, 3.8) is 0 Å². The minimum Gasteiger partial charge on any atom is -0.481 e. The molecule has 4 atom stereocenters. The molecule has 2 aliphatic rings. The molecule has 2 fully saturated rings. The topological polar surface area (TPSA) is 125 Å². The van der Waals surface area contributed by atoms with Gasteiger partial charge in [0.15, 0.2) is 0 Å². The van der Waals surface area contributed by atoms with Gasteiger partial charge in [0.1, 0.15) is 5.75 Å². The Bertz CT molecular complexity index is 1570. The zero-order valence-electron chi connectivity index (χ0n) is 23.1. The first-order valence-corrected chi connectivity index (χ1v) is 16.3. The van der Waals surface area contributed by atoms with Crippen molar-refractivity contribution in [1.29, 1.82) is 0 Å². The van der Waals surface area contributed by atoms with Crippen LogP contribution in [-0.2, 0) is 30.9 Å². The molecule has 1 amide bonds. The molecule has 1 saturated heterocycles. The third kappa shape index (κ3) is 6.80. The summed E-state index contributed by atoms with van der Waals surface area (Å²) in [7, 11) is -3.90. The number of pyridine rings is 1. The van der Waals surface area contributed by atoms with Crippen molar-refractivity contribution in [2.75, 3.05) is 0 Å². The van der Waals surface area contributed by atoms with E-state index in [2.05, 4.69) is 15.0 Å². The van der Waals surface area contributed by atoms with Gasteiger partial charge in [-0.05, 0) is 79.1 Å². The second-order valence-corrected chi connectivity index (χ2v) is 14.3. The highest BCUT2D eigenvalue weighted by Crippen LogP contribution is 2.52. The maximum atomic E-state index is 13.8. The first kappa shape index (κ1) is 30.5. The van der Waals surface area contributed by atoms with Gasteiger partial charge in [0.25, 0.3) is 0 Å². The lowest BCUT2D eigenvalue weighted by Crippen LogP contribution is -2.58. The first-order valence-electron chi connectivity index (χ1n) is 13.8. The van der Waals surface area contributed by atoms with E-state index in [1.54, 1.807) is 49.5 Å². The van der Waals surface area contributed by atoms with Crippen molar-refractivity contribution in [2.45, 2.75) is 62.3 Å². The predicted octanol–water partition coefficient (Wildman–Crippen LogP) is 5.66. The Morgan fingerprint density at radius 1 is 1.10 bits per heavy atom. The van der Waals surface area contributed by atoms with E-state index in [1.165, 1.54) is 0 Å². The Morgan fingerprint density at radius 2 is 1.83 bits per heavy atom. The quantitative estimate of drug-likeness (QED) is 0.251. The van der Waals surface area contributed by atoms with Crippen molar-refractivity contribution in [2.24, 2.45) is 11.3 Å². The summed E-state index contributed by atoms with van der Waals surface area (Å²) in [5, 5.41) is 13.8. The van der Waals surface area contributed by atoms with Gasteiger partial charge in [-0.1, -0.05) is 60.5 Å². The van der Waals surface area contributed by atoms with E-state index in [0.29, 0.717) is 15.7 Å². The van der Waals surface area contributed by atoms with E-state index in [0.717, 1.165) is 24.0 Å². The molecule has 3 aromatic rings. The highest BCUT2D eigenvalue weighted by atomic mass is 35.5. The molecule has 3 N–H and O–H groups in total. The highest BCUT2D eigenvalue weighted by Gasteiger charge is 2.53. The molecule has 2 aromatic carbocycles. The lowest BCUT2D eigenvalue weighted by molar-refractivity contribution is -0.147. The Kier molecular flexibility index (Phi) is 8.67. The number of piperidine rings is 1. The monoisotopic (exact) mass is 629 g/mol. The number of carbonyl (C=O) groups excluding carboxylic acids is 1. The van der Waals surface area contributed by atoms with E-state index in [9.17, 15) is 23.1 Å². The average molecular weight is 631 g/mol. The number of benzene rings is 2. The number of aliphatic carboxylic acids is 1. The second kappa shape index (κ2) is 12.0. The predicted molar refractivity (Wildman–Crippen MR) is 162 cm³/mol. The molecule has 5 rings (SSSR count). The van der Waals surface area contributed by atoms with Crippen LogP contribution in [-0.4, -0.2) is 36.4 Å². The summed E-state index contributed by atoms with van der Waals surface area (Å²) in [6, 6.07) is 19.1. The number of carboxylic acid groups (broad SMARTS) is 1. The fraction of sp³-hybridized carbons (Fsp3) is 0.387. The van der Waals surface area contributed by atoms with Gasteiger partial charge in [-0.15, -0.1) is 0 Å². The summed E-state index contributed by atoms with van der Waals surface area (Å²) >= 11 is 12.6. The van der Waals surface area contributed by atoms with Crippen molar-refractivity contribution in [3.05, 3.63) is 99.8 Å². The molecule has 1 saturated carbocycles. The number of rotatable bonds is 11. The molecule has 0 radical (unpaired) electrons. The molecule has 0 unspecified atom stereocenters. The van der Waals surface area contributed by atoms with Crippen LogP contribution in [0.2, 0.25) is 10.0 Å². The molecule has 1 aliphatic carbocycles. The van der Waals surface area contributed by atoms with E-state index >= 15 is 0 Å². The molecular weight excluding hydrogens is 597 g/mol. The molecule has 222 valence electrons. The lowest BCUT2D eigenvalue weighted by Gasteiger charge is -2.46. The molecule has 1 aromatic heterocycles.